The molecule has 0 spiro atoms. The van der Waals surface area contributed by atoms with Crippen molar-refractivity contribution in [2.75, 3.05) is 31.7 Å². The maximum absolute atomic E-state index is 13.6. The van der Waals surface area contributed by atoms with Gasteiger partial charge in [0.05, 0.1) is 6.67 Å². The molecule has 0 saturated carbocycles. The second-order valence-corrected chi connectivity index (χ2v) is 16.6. The van der Waals surface area contributed by atoms with Crippen molar-refractivity contribution in [3.8, 4) is 11.1 Å². The fourth-order valence-corrected chi connectivity index (χ4v) is 6.87. The van der Waals surface area contributed by atoms with E-state index in [9.17, 15) is 33.6 Å². The molecule has 346 valence electrons. The molecule has 0 bridgehead atoms. The van der Waals surface area contributed by atoms with Crippen molar-refractivity contribution >= 4 is 47.7 Å². The number of nitrogens with two attached hydrogens (primary N) is 1. The van der Waals surface area contributed by atoms with Crippen molar-refractivity contribution in [3.63, 3.8) is 0 Å². The summed E-state index contributed by atoms with van der Waals surface area (Å²) in [6, 6.07) is 20.0. The van der Waals surface area contributed by atoms with E-state index < -0.39 is 53.8 Å². The predicted molar refractivity (Wildman–Crippen MR) is 240 cm³/mol. The summed E-state index contributed by atoms with van der Waals surface area (Å²) in [5.41, 5.74) is 10.1. The lowest BCUT2D eigenvalue weighted by Crippen LogP contribution is -2.54. The molecule has 4 rings (SSSR count). The first-order valence-corrected chi connectivity index (χ1v) is 21.5. The predicted octanol–water partition coefficient (Wildman–Crippen LogP) is 5.51. The summed E-state index contributed by atoms with van der Waals surface area (Å²) in [5, 5.41) is 18.4. The van der Waals surface area contributed by atoms with Crippen LogP contribution in [-0.4, -0.2) is 86.1 Å². The third kappa shape index (κ3) is 16.8. The third-order valence-corrected chi connectivity index (χ3v) is 10.0. The normalized spacial score (nSPS) is 12.7. The van der Waals surface area contributed by atoms with Gasteiger partial charge in [-0.15, -0.1) is 0 Å². The second kappa shape index (κ2) is 24.7. The van der Waals surface area contributed by atoms with Gasteiger partial charge in [-0.3, -0.25) is 14.4 Å². The van der Waals surface area contributed by atoms with Gasteiger partial charge >= 0.3 is 24.3 Å². The highest BCUT2D eigenvalue weighted by Crippen LogP contribution is 2.44. The molecule has 8 amide bonds. The first-order valence-electron chi connectivity index (χ1n) is 21.5. The Labute approximate surface area is 373 Å². The Morgan fingerprint density at radius 1 is 0.672 bits per heavy atom. The average molecular weight is 887 g/mol. The Kier molecular flexibility index (Phi) is 19.2. The zero-order valence-corrected chi connectivity index (χ0v) is 37.2. The molecule has 2 atom stereocenters. The third-order valence-electron chi connectivity index (χ3n) is 10.0. The Morgan fingerprint density at radius 2 is 1.28 bits per heavy atom. The number of alkyl carbamates (subject to hydrolysis) is 3. The zero-order chi connectivity index (χ0) is 46.6. The second-order valence-electron chi connectivity index (χ2n) is 16.6. The molecule has 18 heteroatoms. The van der Waals surface area contributed by atoms with Crippen LogP contribution in [0.3, 0.4) is 0 Å². The fraction of sp³-hybridized carbons (Fsp3) is 0.457. The van der Waals surface area contributed by atoms with Gasteiger partial charge in [-0.25, -0.2) is 19.2 Å². The SMILES string of the molecule is CC(C)[C@H](NC(=O)CCCCCNC(=O)OCC1c2ccccc2-c2ccccc21)C(=O)N[C@@H](CCCNC(N)=O)C(=O)Nc1ccc(COC(=O)NCNC(=O)OC(C)(C)C)cc1. The van der Waals surface area contributed by atoms with Gasteiger partial charge < -0.3 is 57.2 Å². The number of ether oxygens (including phenoxy) is 3. The summed E-state index contributed by atoms with van der Waals surface area (Å²) in [4.78, 5) is 87.6. The smallest absolute Gasteiger partial charge is 0.409 e. The molecule has 0 unspecified atom stereocenters. The summed E-state index contributed by atoms with van der Waals surface area (Å²) in [5.74, 6) is -1.76. The van der Waals surface area contributed by atoms with Crippen LogP contribution in [0.25, 0.3) is 11.1 Å². The lowest BCUT2D eigenvalue weighted by molar-refractivity contribution is -0.132. The number of hydrogen-bond donors (Lipinski definition) is 8. The molecule has 0 saturated heterocycles. The molecule has 64 heavy (non-hydrogen) atoms. The quantitative estimate of drug-likeness (QED) is 0.0357. The van der Waals surface area contributed by atoms with Crippen molar-refractivity contribution in [3.05, 3.63) is 89.5 Å². The van der Waals surface area contributed by atoms with Crippen molar-refractivity contribution in [2.45, 2.75) is 103 Å². The summed E-state index contributed by atoms with van der Waals surface area (Å²) >= 11 is 0. The number of benzene rings is 3. The topological polar surface area (TPSA) is 257 Å². The van der Waals surface area contributed by atoms with E-state index in [1.807, 2.05) is 24.3 Å². The molecule has 0 aromatic heterocycles. The number of unbranched alkanes of at least 4 members (excludes halogenated alkanes) is 2. The van der Waals surface area contributed by atoms with E-state index in [1.54, 1.807) is 58.9 Å². The highest BCUT2D eigenvalue weighted by Gasteiger charge is 2.30. The van der Waals surface area contributed by atoms with E-state index in [4.69, 9.17) is 19.9 Å². The van der Waals surface area contributed by atoms with Crippen LogP contribution in [0.5, 0.6) is 0 Å². The van der Waals surface area contributed by atoms with Gasteiger partial charge in [-0.1, -0.05) is 80.9 Å². The van der Waals surface area contributed by atoms with E-state index in [2.05, 4.69) is 61.5 Å². The monoisotopic (exact) mass is 886 g/mol. The molecule has 3 aromatic rings. The largest absolute Gasteiger partial charge is 0.449 e. The highest BCUT2D eigenvalue weighted by molar-refractivity contribution is 5.98. The van der Waals surface area contributed by atoms with Gasteiger partial charge in [0, 0.05) is 31.1 Å². The van der Waals surface area contributed by atoms with Gasteiger partial charge in [0.25, 0.3) is 0 Å². The van der Waals surface area contributed by atoms with Gasteiger partial charge in [0.2, 0.25) is 17.7 Å². The van der Waals surface area contributed by atoms with Crippen LogP contribution < -0.4 is 43.0 Å². The van der Waals surface area contributed by atoms with Crippen LogP contribution in [0, 0.1) is 5.92 Å². The highest BCUT2D eigenvalue weighted by atomic mass is 16.6. The van der Waals surface area contributed by atoms with E-state index in [1.165, 1.54) is 0 Å². The first-order chi connectivity index (χ1) is 30.5. The minimum atomic E-state index is -1.04. The number of fused-ring (bicyclic) bond motifs is 3. The number of primary amides is 1. The standard InChI is InChI=1S/C46H62N8O10/c1-29(2)39(54-38(55)19-7-6-12-24-49-43(59)63-27-36-34-16-10-8-14-32(34)33-15-9-11-17-35(33)36)41(57)53-37(18-13-25-48-42(47)58)40(56)52-31-22-20-30(21-23-31)26-62-44(60)50-28-51-45(61)64-46(3,4)5/h8-11,14-17,20-23,29,36-37,39H,6-7,12-13,18-19,24-28H2,1-5H3,(H,49,59)(H,50,60)(H,51,61)(H,52,56)(H,53,57)(H,54,55)(H3,47,48,58)/t37-,39-/m0/s1. The lowest BCUT2D eigenvalue weighted by Gasteiger charge is -2.25. The molecule has 18 nitrogen and oxygen atoms in total. The summed E-state index contributed by atoms with van der Waals surface area (Å²) in [6.07, 6.45) is 0.429. The van der Waals surface area contributed by atoms with Crippen LogP contribution in [0.4, 0.5) is 24.9 Å². The van der Waals surface area contributed by atoms with Gasteiger partial charge in [0.1, 0.15) is 30.9 Å². The number of rotatable bonds is 22. The molecule has 1 aliphatic carbocycles. The van der Waals surface area contributed by atoms with E-state index in [0.29, 0.717) is 43.5 Å². The van der Waals surface area contributed by atoms with E-state index in [-0.39, 0.29) is 57.0 Å². The van der Waals surface area contributed by atoms with E-state index in [0.717, 1.165) is 22.3 Å². The summed E-state index contributed by atoms with van der Waals surface area (Å²) in [7, 11) is 0. The van der Waals surface area contributed by atoms with Crippen molar-refractivity contribution in [1.82, 2.24) is 31.9 Å². The van der Waals surface area contributed by atoms with Crippen LogP contribution >= 0.6 is 0 Å². The molecule has 3 aromatic carbocycles. The number of anilines is 1. The average Bonchev–Trinajstić information content (AvgIpc) is 3.56. The Balaban J connectivity index is 1.18. The maximum atomic E-state index is 13.6. The zero-order valence-electron chi connectivity index (χ0n) is 37.2. The van der Waals surface area contributed by atoms with Crippen molar-refractivity contribution in [1.29, 1.82) is 0 Å². The molecule has 0 radical (unpaired) electrons. The number of urea groups is 1. The minimum absolute atomic E-state index is 0.0348. The molecule has 9 N–H and O–H groups in total. The molecule has 0 aliphatic heterocycles. The Bertz CT molecular complexity index is 2030. The molecule has 0 heterocycles. The van der Waals surface area contributed by atoms with Crippen LogP contribution in [-0.2, 0) is 35.2 Å². The molecular weight excluding hydrogens is 825 g/mol. The minimum Gasteiger partial charge on any atom is -0.449 e. The first kappa shape index (κ1) is 49.8. The van der Waals surface area contributed by atoms with Crippen molar-refractivity contribution < 1.29 is 47.8 Å². The molecule has 0 fully saturated rings. The number of amides is 8. The number of carbonyl (C=O) groups excluding carboxylic acids is 7. The fourth-order valence-electron chi connectivity index (χ4n) is 6.87. The van der Waals surface area contributed by atoms with Gasteiger partial charge in [-0.2, -0.15) is 0 Å². The Morgan fingerprint density at radius 3 is 1.91 bits per heavy atom. The van der Waals surface area contributed by atoms with Crippen LogP contribution in [0.15, 0.2) is 72.8 Å². The van der Waals surface area contributed by atoms with Gasteiger partial charge in [-0.05, 0) is 92.3 Å². The summed E-state index contributed by atoms with van der Waals surface area (Å²) in [6.45, 7) is 9.17. The Hall–Kier alpha value is -6.85. The maximum Gasteiger partial charge on any atom is 0.409 e. The van der Waals surface area contributed by atoms with Gasteiger partial charge in [0.15, 0.2) is 0 Å². The van der Waals surface area contributed by atoms with Crippen molar-refractivity contribution in [2.24, 2.45) is 11.7 Å². The number of nitrogens with one attached hydrogen (secondary N) is 7. The summed E-state index contributed by atoms with van der Waals surface area (Å²) < 4.78 is 15.9. The lowest BCUT2D eigenvalue weighted by atomic mass is 9.98. The van der Waals surface area contributed by atoms with E-state index >= 15 is 0 Å². The van der Waals surface area contributed by atoms with Crippen LogP contribution in [0.1, 0.15) is 95.8 Å². The number of carbonyl (C=O) groups is 7. The number of hydrogen-bond acceptors (Lipinski definition) is 10. The van der Waals surface area contributed by atoms with Crippen LogP contribution in [0.2, 0.25) is 0 Å². The molecule has 1 aliphatic rings. The molecular formula is C46H62N8O10.